The Hall–Kier alpha value is -3.21. The van der Waals surface area contributed by atoms with E-state index in [0.29, 0.717) is 30.2 Å². The first-order chi connectivity index (χ1) is 14.3. The number of pyridine rings is 1. The molecule has 0 saturated carbocycles. The van der Waals surface area contributed by atoms with Crippen LogP contribution in [-0.4, -0.2) is 56.1 Å². The Labute approximate surface area is 169 Å². The van der Waals surface area contributed by atoms with Crippen LogP contribution >= 0.6 is 0 Å². The molecule has 1 atom stereocenters. The van der Waals surface area contributed by atoms with Crippen LogP contribution in [-0.2, 0) is 11.0 Å². The molecule has 1 aliphatic rings. The molecule has 0 spiro atoms. The third-order valence-electron chi connectivity index (χ3n) is 4.96. The molecule has 0 aromatic carbocycles. The quantitative estimate of drug-likeness (QED) is 0.669. The zero-order valence-electron chi connectivity index (χ0n) is 15.8. The van der Waals surface area contributed by atoms with E-state index in [2.05, 4.69) is 20.3 Å². The fraction of sp³-hybridized carbons (Fsp3) is 0.368. The minimum atomic E-state index is -4.47. The van der Waals surface area contributed by atoms with Crippen LogP contribution in [0.25, 0.3) is 17.2 Å². The molecule has 11 heteroatoms. The number of hydrogen-bond donors (Lipinski definition) is 2. The van der Waals surface area contributed by atoms with E-state index in [1.54, 1.807) is 12.3 Å². The monoisotopic (exact) mass is 420 g/mol. The molecular formula is C19H19F3N6O2. The molecule has 1 aliphatic heterocycles. The van der Waals surface area contributed by atoms with Gasteiger partial charge in [-0.15, -0.1) is 0 Å². The highest BCUT2D eigenvalue weighted by atomic mass is 19.4. The van der Waals surface area contributed by atoms with Gasteiger partial charge in [-0.05, 0) is 31.0 Å². The van der Waals surface area contributed by atoms with Crippen molar-refractivity contribution in [3.63, 3.8) is 0 Å². The minimum Gasteiger partial charge on any atom is -0.387 e. The summed E-state index contributed by atoms with van der Waals surface area (Å²) in [6.45, 7) is 0.656. The number of fused-ring (bicyclic) bond motifs is 1. The third kappa shape index (κ3) is 4.06. The van der Waals surface area contributed by atoms with Gasteiger partial charge in [-0.2, -0.15) is 13.2 Å². The SMILES string of the molecule is O=C(CO)NC1CCCN(c2ccnc(-c3cnc4ccc(C(F)(F)F)cn34)n2)C1. The Morgan fingerprint density at radius 1 is 1.27 bits per heavy atom. The molecule has 0 radical (unpaired) electrons. The fourth-order valence-corrected chi connectivity index (χ4v) is 3.54. The molecule has 3 aromatic heterocycles. The van der Waals surface area contributed by atoms with Gasteiger partial charge in [-0.3, -0.25) is 9.20 Å². The van der Waals surface area contributed by atoms with Gasteiger partial charge in [0.25, 0.3) is 0 Å². The van der Waals surface area contributed by atoms with Crippen LogP contribution in [0.1, 0.15) is 18.4 Å². The molecule has 0 aliphatic carbocycles. The van der Waals surface area contributed by atoms with E-state index in [4.69, 9.17) is 5.11 Å². The number of amides is 1. The minimum absolute atomic E-state index is 0.123. The number of hydrogen-bond acceptors (Lipinski definition) is 6. The second-order valence-electron chi connectivity index (χ2n) is 7.04. The first-order valence-corrected chi connectivity index (χ1v) is 9.38. The molecule has 158 valence electrons. The van der Waals surface area contributed by atoms with Gasteiger partial charge >= 0.3 is 6.18 Å². The van der Waals surface area contributed by atoms with Crippen LogP contribution in [0, 0.1) is 0 Å². The summed E-state index contributed by atoms with van der Waals surface area (Å²) in [5.74, 6) is 0.419. The molecule has 1 saturated heterocycles. The highest BCUT2D eigenvalue weighted by Crippen LogP contribution is 2.30. The number of rotatable bonds is 4. The number of alkyl halides is 3. The number of piperidine rings is 1. The standard InChI is InChI=1S/C19H19F3N6O2/c20-19(21,22)12-3-4-15-24-8-14(28(15)9-12)18-23-6-5-16(26-18)27-7-1-2-13(10-27)25-17(30)11-29/h3-6,8-9,13,29H,1-2,7,10-11H2,(H,25,30). The lowest BCUT2D eigenvalue weighted by molar-refractivity contribution is -0.137. The van der Waals surface area contributed by atoms with Gasteiger partial charge in [0.2, 0.25) is 5.91 Å². The maximum Gasteiger partial charge on any atom is 0.417 e. The van der Waals surface area contributed by atoms with E-state index >= 15 is 0 Å². The van der Waals surface area contributed by atoms with Crippen LogP contribution in [0.2, 0.25) is 0 Å². The Morgan fingerprint density at radius 2 is 2.10 bits per heavy atom. The average molecular weight is 420 g/mol. The summed E-state index contributed by atoms with van der Waals surface area (Å²) in [5, 5.41) is 11.7. The van der Waals surface area contributed by atoms with Crippen molar-refractivity contribution in [2.45, 2.75) is 25.1 Å². The summed E-state index contributed by atoms with van der Waals surface area (Å²) in [6.07, 6.45) is 1.10. The van der Waals surface area contributed by atoms with E-state index in [1.165, 1.54) is 16.7 Å². The fourth-order valence-electron chi connectivity index (χ4n) is 3.54. The predicted molar refractivity (Wildman–Crippen MR) is 102 cm³/mol. The number of carbonyl (C=O) groups is 1. The molecule has 30 heavy (non-hydrogen) atoms. The van der Waals surface area contributed by atoms with Gasteiger partial charge in [-0.1, -0.05) is 0 Å². The molecule has 4 heterocycles. The van der Waals surface area contributed by atoms with E-state index < -0.39 is 24.3 Å². The van der Waals surface area contributed by atoms with Crippen LogP contribution in [0.3, 0.4) is 0 Å². The number of nitrogens with zero attached hydrogens (tertiary/aromatic N) is 5. The number of halogens is 3. The van der Waals surface area contributed by atoms with Crippen LogP contribution in [0.4, 0.5) is 19.0 Å². The van der Waals surface area contributed by atoms with E-state index in [1.807, 2.05) is 4.90 Å². The Bertz CT molecular complexity index is 1070. The average Bonchev–Trinajstić information content (AvgIpc) is 3.17. The van der Waals surface area contributed by atoms with Crippen molar-refractivity contribution in [1.29, 1.82) is 0 Å². The van der Waals surface area contributed by atoms with Gasteiger partial charge in [-0.25, -0.2) is 15.0 Å². The topological polar surface area (TPSA) is 95.7 Å². The number of carbonyl (C=O) groups excluding carboxylic acids is 1. The summed E-state index contributed by atoms with van der Waals surface area (Å²) in [7, 11) is 0. The van der Waals surface area contributed by atoms with Gasteiger partial charge in [0.05, 0.1) is 11.8 Å². The molecule has 8 nitrogen and oxygen atoms in total. The Morgan fingerprint density at radius 3 is 2.87 bits per heavy atom. The van der Waals surface area contributed by atoms with Crippen molar-refractivity contribution in [1.82, 2.24) is 24.7 Å². The van der Waals surface area contributed by atoms with Crippen LogP contribution in [0.5, 0.6) is 0 Å². The molecule has 3 aromatic rings. The lowest BCUT2D eigenvalue weighted by Gasteiger charge is -2.33. The summed E-state index contributed by atoms with van der Waals surface area (Å²) < 4.78 is 40.6. The zero-order chi connectivity index (χ0) is 21.3. The highest BCUT2D eigenvalue weighted by molar-refractivity contribution is 5.77. The summed E-state index contributed by atoms with van der Waals surface area (Å²) in [5.41, 5.74) is -0.0826. The predicted octanol–water partition coefficient (Wildman–Crippen LogP) is 1.89. The Balaban J connectivity index is 1.63. The number of nitrogens with one attached hydrogen (secondary N) is 1. The summed E-state index contributed by atoms with van der Waals surface area (Å²) >= 11 is 0. The maximum absolute atomic E-state index is 13.1. The first kappa shape index (κ1) is 20.1. The molecule has 0 bridgehead atoms. The number of aliphatic hydroxyl groups excluding tert-OH is 1. The van der Waals surface area contributed by atoms with Crippen LogP contribution in [0.15, 0.2) is 36.8 Å². The van der Waals surface area contributed by atoms with Gasteiger partial charge in [0.15, 0.2) is 5.82 Å². The van der Waals surface area contributed by atoms with Crippen molar-refractivity contribution in [3.05, 3.63) is 42.4 Å². The number of aromatic nitrogens is 4. The molecule has 2 N–H and O–H groups in total. The van der Waals surface area contributed by atoms with Gasteiger partial charge in [0, 0.05) is 31.5 Å². The van der Waals surface area contributed by atoms with Crippen molar-refractivity contribution in [2.75, 3.05) is 24.6 Å². The van der Waals surface area contributed by atoms with E-state index in [-0.39, 0.29) is 11.9 Å². The number of aliphatic hydroxyl groups is 1. The van der Waals surface area contributed by atoms with E-state index in [9.17, 15) is 18.0 Å². The lowest BCUT2D eigenvalue weighted by atomic mass is 10.1. The molecule has 1 amide bonds. The highest BCUT2D eigenvalue weighted by Gasteiger charge is 2.31. The van der Waals surface area contributed by atoms with Crippen molar-refractivity contribution in [2.24, 2.45) is 0 Å². The van der Waals surface area contributed by atoms with Gasteiger partial charge < -0.3 is 15.3 Å². The zero-order valence-corrected chi connectivity index (χ0v) is 15.8. The maximum atomic E-state index is 13.1. The number of imidazole rings is 1. The molecule has 1 unspecified atom stereocenters. The molecule has 1 fully saturated rings. The largest absolute Gasteiger partial charge is 0.417 e. The Kier molecular flexibility index (Phi) is 5.29. The smallest absolute Gasteiger partial charge is 0.387 e. The molecular weight excluding hydrogens is 401 g/mol. The summed E-state index contributed by atoms with van der Waals surface area (Å²) in [6, 6.07) is 3.87. The third-order valence-corrected chi connectivity index (χ3v) is 4.96. The van der Waals surface area contributed by atoms with Crippen LogP contribution < -0.4 is 10.2 Å². The number of anilines is 1. The second-order valence-corrected chi connectivity index (χ2v) is 7.04. The van der Waals surface area contributed by atoms with Crippen molar-refractivity contribution < 1.29 is 23.1 Å². The van der Waals surface area contributed by atoms with Crippen molar-refractivity contribution >= 4 is 17.4 Å². The normalized spacial score (nSPS) is 17.3. The lowest BCUT2D eigenvalue weighted by Crippen LogP contribution is -2.48. The second kappa shape index (κ2) is 7.90. The van der Waals surface area contributed by atoms with Crippen molar-refractivity contribution in [3.8, 4) is 11.5 Å². The van der Waals surface area contributed by atoms with Gasteiger partial charge in [0.1, 0.15) is 23.8 Å². The molecule has 4 rings (SSSR count). The van der Waals surface area contributed by atoms with E-state index in [0.717, 1.165) is 25.1 Å². The summed E-state index contributed by atoms with van der Waals surface area (Å²) in [4.78, 5) is 26.3. The first-order valence-electron chi connectivity index (χ1n) is 9.38.